The van der Waals surface area contributed by atoms with Crippen molar-refractivity contribution in [3.05, 3.63) is 29.3 Å². The number of hydrogen-bond donors (Lipinski definition) is 2. The minimum Gasteiger partial charge on any atom is -0.508 e. The maximum absolute atomic E-state index is 11.7. The van der Waals surface area contributed by atoms with Gasteiger partial charge < -0.3 is 10.2 Å². The maximum atomic E-state index is 11.7. The highest BCUT2D eigenvalue weighted by Crippen LogP contribution is 2.43. The van der Waals surface area contributed by atoms with E-state index in [4.69, 9.17) is 0 Å². The highest BCUT2D eigenvalue weighted by atomic mass is 16.4. The second-order valence-electron chi connectivity index (χ2n) is 6.58. The molecule has 1 aromatic carbocycles. The molecule has 1 saturated carbocycles. The summed E-state index contributed by atoms with van der Waals surface area (Å²) in [6.45, 7) is 6.07. The smallest absolute Gasteiger partial charge is 0.314 e. The van der Waals surface area contributed by atoms with Crippen molar-refractivity contribution in [3.8, 4) is 5.75 Å². The molecule has 19 heavy (non-hydrogen) atoms. The van der Waals surface area contributed by atoms with Crippen LogP contribution in [0.4, 0.5) is 0 Å². The Labute approximate surface area is 114 Å². The summed E-state index contributed by atoms with van der Waals surface area (Å²) in [4.78, 5) is 11.7. The van der Waals surface area contributed by atoms with Gasteiger partial charge in [-0.1, -0.05) is 45.7 Å². The van der Waals surface area contributed by atoms with E-state index >= 15 is 0 Å². The van der Waals surface area contributed by atoms with Gasteiger partial charge >= 0.3 is 5.97 Å². The van der Waals surface area contributed by atoms with Crippen molar-refractivity contribution in [2.45, 2.75) is 57.3 Å². The highest BCUT2D eigenvalue weighted by molar-refractivity contribution is 5.82. The molecule has 0 aromatic heterocycles. The van der Waals surface area contributed by atoms with E-state index in [0.29, 0.717) is 12.8 Å². The molecule has 0 aliphatic heterocycles. The van der Waals surface area contributed by atoms with Gasteiger partial charge in [-0.2, -0.15) is 0 Å². The van der Waals surface area contributed by atoms with Gasteiger partial charge in [0.15, 0.2) is 0 Å². The Bertz CT molecular complexity index is 491. The zero-order chi connectivity index (χ0) is 14.3. The third kappa shape index (κ3) is 2.34. The first kappa shape index (κ1) is 13.9. The van der Waals surface area contributed by atoms with Crippen molar-refractivity contribution >= 4 is 5.97 Å². The van der Waals surface area contributed by atoms with E-state index in [2.05, 4.69) is 0 Å². The maximum Gasteiger partial charge on any atom is 0.314 e. The van der Waals surface area contributed by atoms with Crippen molar-refractivity contribution in [2.24, 2.45) is 0 Å². The lowest BCUT2D eigenvalue weighted by molar-refractivity contribution is -0.143. The number of rotatable bonds is 2. The average Bonchev–Trinajstić information content (AvgIpc) is 2.78. The fourth-order valence-electron chi connectivity index (χ4n) is 3.04. The molecular weight excluding hydrogens is 240 g/mol. The summed E-state index contributed by atoms with van der Waals surface area (Å²) < 4.78 is 0. The largest absolute Gasteiger partial charge is 0.508 e. The van der Waals surface area contributed by atoms with Crippen LogP contribution in [0.1, 0.15) is 57.6 Å². The summed E-state index contributed by atoms with van der Waals surface area (Å²) >= 11 is 0. The van der Waals surface area contributed by atoms with Crippen LogP contribution in [0.2, 0.25) is 0 Å². The van der Waals surface area contributed by atoms with E-state index in [1.807, 2.05) is 26.8 Å². The number of hydrogen-bond acceptors (Lipinski definition) is 2. The topological polar surface area (TPSA) is 57.5 Å². The molecule has 3 nitrogen and oxygen atoms in total. The first-order chi connectivity index (χ1) is 8.77. The normalized spacial score (nSPS) is 18.5. The minimum atomic E-state index is -0.756. The number of carboxylic acids is 1. The fraction of sp³-hybridized carbons (Fsp3) is 0.562. The monoisotopic (exact) mass is 262 g/mol. The predicted octanol–water partition coefficient (Wildman–Crippen LogP) is 3.59. The van der Waals surface area contributed by atoms with Crippen LogP contribution in [0.25, 0.3) is 0 Å². The minimum absolute atomic E-state index is 0.196. The third-order valence-electron chi connectivity index (χ3n) is 4.22. The Morgan fingerprint density at radius 1 is 1.21 bits per heavy atom. The SMILES string of the molecule is CC(C)(C)c1cc(C2(C(=O)O)CCCC2)ccc1O. The van der Waals surface area contributed by atoms with Crippen molar-refractivity contribution in [3.63, 3.8) is 0 Å². The molecule has 1 fully saturated rings. The van der Waals surface area contributed by atoms with Crippen LogP contribution < -0.4 is 0 Å². The molecule has 0 amide bonds. The van der Waals surface area contributed by atoms with Crippen molar-refractivity contribution < 1.29 is 15.0 Å². The van der Waals surface area contributed by atoms with Gasteiger partial charge in [0.2, 0.25) is 0 Å². The average molecular weight is 262 g/mol. The number of aliphatic carboxylic acids is 1. The summed E-state index contributed by atoms with van der Waals surface area (Å²) in [5.41, 5.74) is 0.698. The van der Waals surface area contributed by atoms with Gasteiger partial charge in [0.1, 0.15) is 5.75 Å². The first-order valence-electron chi connectivity index (χ1n) is 6.85. The van der Waals surface area contributed by atoms with Crippen LogP contribution in [0.15, 0.2) is 18.2 Å². The van der Waals surface area contributed by atoms with E-state index in [9.17, 15) is 15.0 Å². The lowest BCUT2D eigenvalue weighted by atomic mass is 9.76. The molecule has 1 aromatic rings. The van der Waals surface area contributed by atoms with Crippen LogP contribution in [0.3, 0.4) is 0 Å². The summed E-state index contributed by atoms with van der Waals surface area (Å²) in [5, 5.41) is 19.6. The van der Waals surface area contributed by atoms with Crippen LogP contribution >= 0.6 is 0 Å². The van der Waals surface area contributed by atoms with Gasteiger partial charge in [0.05, 0.1) is 5.41 Å². The number of carboxylic acid groups (broad SMARTS) is 1. The van der Waals surface area contributed by atoms with Crippen molar-refractivity contribution in [1.82, 2.24) is 0 Å². The van der Waals surface area contributed by atoms with Gasteiger partial charge in [-0.3, -0.25) is 4.79 Å². The van der Waals surface area contributed by atoms with E-state index in [1.165, 1.54) is 0 Å². The van der Waals surface area contributed by atoms with Crippen LogP contribution in [0, 0.1) is 0 Å². The van der Waals surface area contributed by atoms with Gasteiger partial charge in [0, 0.05) is 0 Å². The van der Waals surface area contributed by atoms with Crippen molar-refractivity contribution in [2.75, 3.05) is 0 Å². The van der Waals surface area contributed by atoms with Gasteiger partial charge in [-0.15, -0.1) is 0 Å². The molecular formula is C16H22O3. The van der Waals surface area contributed by atoms with E-state index in [1.54, 1.807) is 12.1 Å². The zero-order valence-corrected chi connectivity index (χ0v) is 11.9. The number of phenols is 1. The lowest BCUT2D eigenvalue weighted by Gasteiger charge is -2.28. The van der Waals surface area contributed by atoms with E-state index in [0.717, 1.165) is 24.0 Å². The number of benzene rings is 1. The second-order valence-corrected chi connectivity index (χ2v) is 6.58. The van der Waals surface area contributed by atoms with Crippen molar-refractivity contribution in [1.29, 1.82) is 0 Å². The number of carbonyl (C=O) groups is 1. The molecule has 0 radical (unpaired) electrons. The standard InChI is InChI=1S/C16H22O3/c1-15(2,3)12-10-11(6-7-13(12)17)16(14(18)19)8-4-5-9-16/h6-7,10,17H,4-5,8-9H2,1-3H3,(H,18,19). The van der Waals surface area contributed by atoms with E-state index < -0.39 is 11.4 Å². The molecule has 0 atom stereocenters. The molecule has 2 rings (SSSR count). The molecule has 0 unspecified atom stereocenters. The molecule has 2 N–H and O–H groups in total. The van der Waals surface area contributed by atoms with Crippen LogP contribution in [-0.4, -0.2) is 16.2 Å². The molecule has 1 aliphatic carbocycles. The first-order valence-corrected chi connectivity index (χ1v) is 6.85. The Morgan fingerprint density at radius 3 is 2.26 bits per heavy atom. The zero-order valence-electron chi connectivity index (χ0n) is 11.9. The Balaban J connectivity index is 2.54. The summed E-state index contributed by atoms with van der Waals surface area (Å²) in [7, 11) is 0. The Kier molecular flexibility index (Phi) is 3.33. The molecule has 3 heteroatoms. The third-order valence-corrected chi connectivity index (χ3v) is 4.22. The summed E-state index contributed by atoms with van der Waals surface area (Å²) in [5.74, 6) is -0.495. The Hall–Kier alpha value is -1.51. The molecule has 1 aliphatic rings. The number of phenolic OH excluding ortho intramolecular Hbond substituents is 1. The predicted molar refractivity (Wildman–Crippen MR) is 74.6 cm³/mol. The van der Waals surface area contributed by atoms with E-state index in [-0.39, 0.29) is 11.2 Å². The summed E-state index contributed by atoms with van der Waals surface area (Å²) in [6, 6.07) is 5.29. The van der Waals surface area contributed by atoms with Crippen LogP contribution in [-0.2, 0) is 15.6 Å². The quantitative estimate of drug-likeness (QED) is 0.856. The highest BCUT2D eigenvalue weighted by Gasteiger charge is 2.43. The molecule has 0 saturated heterocycles. The number of aromatic hydroxyl groups is 1. The van der Waals surface area contributed by atoms with Gasteiger partial charge in [0.25, 0.3) is 0 Å². The van der Waals surface area contributed by atoms with Crippen LogP contribution in [0.5, 0.6) is 5.75 Å². The molecule has 0 spiro atoms. The Morgan fingerprint density at radius 2 is 1.79 bits per heavy atom. The lowest BCUT2D eigenvalue weighted by Crippen LogP contribution is -2.33. The summed E-state index contributed by atoms with van der Waals surface area (Å²) in [6.07, 6.45) is 3.30. The molecule has 0 heterocycles. The van der Waals surface area contributed by atoms with Gasteiger partial charge in [-0.25, -0.2) is 0 Å². The molecule has 0 bridgehead atoms. The second kappa shape index (κ2) is 4.55. The fourth-order valence-corrected chi connectivity index (χ4v) is 3.04. The van der Waals surface area contributed by atoms with Gasteiger partial charge in [-0.05, 0) is 35.4 Å². The molecule has 104 valence electrons.